The van der Waals surface area contributed by atoms with E-state index in [0.717, 1.165) is 22.0 Å². The summed E-state index contributed by atoms with van der Waals surface area (Å²) in [6.07, 6.45) is 1.47. The van der Waals surface area contributed by atoms with Gasteiger partial charge >= 0.3 is 0 Å². The SMILES string of the molecule is Nc1cccc(CSc2cccc(Nc3nc(Cl)ncc3Cl)c2)c1. The zero-order chi connectivity index (χ0) is 16.9. The lowest BCUT2D eigenvalue weighted by atomic mass is 10.2. The maximum absolute atomic E-state index is 6.08. The summed E-state index contributed by atoms with van der Waals surface area (Å²) in [6, 6.07) is 15.9. The number of rotatable bonds is 5. The van der Waals surface area contributed by atoms with E-state index in [1.807, 2.05) is 36.4 Å². The molecule has 0 unspecified atom stereocenters. The van der Waals surface area contributed by atoms with Crippen LogP contribution in [0.1, 0.15) is 5.56 Å². The maximum atomic E-state index is 6.08. The summed E-state index contributed by atoms with van der Waals surface area (Å²) >= 11 is 13.6. The average Bonchev–Trinajstić information content (AvgIpc) is 2.57. The number of aromatic nitrogens is 2. The molecular formula is C17H14Cl2N4S. The number of anilines is 3. The number of nitrogens with zero attached hydrogens (tertiary/aromatic N) is 2. The number of nitrogens with one attached hydrogen (secondary N) is 1. The maximum Gasteiger partial charge on any atom is 0.224 e. The Labute approximate surface area is 154 Å². The Morgan fingerprint density at radius 2 is 1.92 bits per heavy atom. The molecule has 2 aromatic carbocycles. The van der Waals surface area contributed by atoms with Gasteiger partial charge in [0.25, 0.3) is 0 Å². The molecule has 0 atom stereocenters. The Kier molecular flexibility index (Phi) is 5.45. The van der Waals surface area contributed by atoms with Crippen LogP contribution in [-0.2, 0) is 5.75 Å². The lowest BCUT2D eigenvalue weighted by Gasteiger charge is -2.09. The van der Waals surface area contributed by atoms with Crippen LogP contribution in [-0.4, -0.2) is 9.97 Å². The lowest BCUT2D eigenvalue weighted by molar-refractivity contribution is 1.17. The van der Waals surface area contributed by atoms with Crippen molar-refractivity contribution in [1.82, 2.24) is 9.97 Å². The molecule has 0 aliphatic carbocycles. The standard InChI is InChI=1S/C17H14Cl2N4S/c18-15-9-21-17(19)23-16(15)22-13-5-2-6-14(8-13)24-10-11-3-1-4-12(20)7-11/h1-9H,10,20H2,(H,21,22,23). The van der Waals surface area contributed by atoms with Crippen LogP contribution in [0.4, 0.5) is 17.2 Å². The lowest BCUT2D eigenvalue weighted by Crippen LogP contribution is -1.96. The molecule has 24 heavy (non-hydrogen) atoms. The molecular weight excluding hydrogens is 363 g/mol. The van der Waals surface area contributed by atoms with Gasteiger partial charge in [0, 0.05) is 22.0 Å². The minimum Gasteiger partial charge on any atom is -0.399 e. The van der Waals surface area contributed by atoms with E-state index in [0.29, 0.717) is 10.8 Å². The molecule has 122 valence electrons. The molecule has 0 radical (unpaired) electrons. The van der Waals surface area contributed by atoms with Crippen LogP contribution in [0.2, 0.25) is 10.3 Å². The Morgan fingerprint density at radius 3 is 2.75 bits per heavy atom. The van der Waals surface area contributed by atoms with Gasteiger partial charge in [-0.2, -0.15) is 4.98 Å². The van der Waals surface area contributed by atoms with Crippen molar-refractivity contribution >= 4 is 52.2 Å². The molecule has 7 heteroatoms. The fraction of sp³-hybridized carbons (Fsp3) is 0.0588. The Hall–Kier alpha value is -1.95. The Morgan fingerprint density at radius 1 is 1.08 bits per heavy atom. The van der Waals surface area contributed by atoms with E-state index in [2.05, 4.69) is 27.4 Å². The molecule has 1 heterocycles. The second-order valence-corrected chi connectivity index (χ2v) is 6.82. The first-order valence-electron chi connectivity index (χ1n) is 7.12. The molecule has 0 spiro atoms. The minimum absolute atomic E-state index is 0.147. The molecule has 0 aliphatic rings. The van der Waals surface area contributed by atoms with Gasteiger partial charge in [-0.3, -0.25) is 0 Å². The molecule has 1 aromatic heterocycles. The van der Waals surface area contributed by atoms with Gasteiger partial charge in [0.15, 0.2) is 5.82 Å². The normalized spacial score (nSPS) is 10.6. The van der Waals surface area contributed by atoms with Crippen molar-refractivity contribution in [3.05, 3.63) is 70.6 Å². The number of nitrogen functional groups attached to an aromatic ring is 1. The van der Waals surface area contributed by atoms with Crippen molar-refractivity contribution < 1.29 is 0 Å². The van der Waals surface area contributed by atoms with Crippen molar-refractivity contribution in [2.24, 2.45) is 0 Å². The van der Waals surface area contributed by atoms with Gasteiger partial charge in [-0.15, -0.1) is 11.8 Å². The van der Waals surface area contributed by atoms with Crippen molar-refractivity contribution in [1.29, 1.82) is 0 Å². The topological polar surface area (TPSA) is 63.8 Å². The van der Waals surface area contributed by atoms with Crippen LogP contribution in [0.3, 0.4) is 0 Å². The molecule has 3 aromatic rings. The van der Waals surface area contributed by atoms with Gasteiger partial charge in [0.05, 0.1) is 6.20 Å². The fourth-order valence-corrected chi connectivity index (χ4v) is 3.25. The third-order valence-electron chi connectivity index (χ3n) is 3.17. The zero-order valence-electron chi connectivity index (χ0n) is 12.5. The molecule has 3 rings (SSSR count). The highest BCUT2D eigenvalue weighted by molar-refractivity contribution is 7.98. The summed E-state index contributed by atoms with van der Waals surface area (Å²) in [6.45, 7) is 0. The molecule has 0 saturated carbocycles. The second kappa shape index (κ2) is 7.75. The average molecular weight is 377 g/mol. The van der Waals surface area contributed by atoms with Crippen LogP contribution < -0.4 is 11.1 Å². The van der Waals surface area contributed by atoms with Gasteiger partial charge in [0.1, 0.15) is 5.02 Å². The van der Waals surface area contributed by atoms with Gasteiger partial charge in [-0.25, -0.2) is 4.98 Å². The van der Waals surface area contributed by atoms with Crippen LogP contribution >= 0.6 is 35.0 Å². The largest absolute Gasteiger partial charge is 0.399 e. The van der Waals surface area contributed by atoms with Crippen molar-refractivity contribution in [3.8, 4) is 0 Å². The van der Waals surface area contributed by atoms with E-state index in [9.17, 15) is 0 Å². The number of hydrogen-bond acceptors (Lipinski definition) is 5. The number of thioether (sulfide) groups is 1. The monoisotopic (exact) mass is 376 g/mol. The predicted molar refractivity (Wildman–Crippen MR) is 102 cm³/mol. The molecule has 0 amide bonds. The van der Waals surface area contributed by atoms with Gasteiger partial charge < -0.3 is 11.1 Å². The van der Waals surface area contributed by atoms with Crippen LogP contribution in [0.5, 0.6) is 0 Å². The van der Waals surface area contributed by atoms with E-state index in [-0.39, 0.29) is 5.28 Å². The van der Waals surface area contributed by atoms with E-state index < -0.39 is 0 Å². The summed E-state index contributed by atoms with van der Waals surface area (Å²) in [5.41, 5.74) is 8.65. The van der Waals surface area contributed by atoms with Crippen LogP contribution in [0.15, 0.2) is 59.6 Å². The highest BCUT2D eigenvalue weighted by Crippen LogP contribution is 2.28. The first kappa shape index (κ1) is 16.9. The smallest absolute Gasteiger partial charge is 0.224 e. The molecule has 0 bridgehead atoms. The molecule has 4 nitrogen and oxygen atoms in total. The van der Waals surface area contributed by atoms with Crippen LogP contribution in [0, 0.1) is 0 Å². The summed E-state index contributed by atoms with van der Waals surface area (Å²) in [4.78, 5) is 9.05. The predicted octanol–water partition coefficient (Wildman–Crippen LogP) is 5.40. The first-order valence-corrected chi connectivity index (χ1v) is 8.86. The van der Waals surface area contributed by atoms with Crippen LogP contribution in [0.25, 0.3) is 0 Å². The Bertz CT molecular complexity index is 857. The van der Waals surface area contributed by atoms with E-state index >= 15 is 0 Å². The summed E-state index contributed by atoms with van der Waals surface area (Å²) in [5, 5.41) is 3.72. The van der Waals surface area contributed by atoms with Crippen molar-refractivity contribution in [2.45, 2.75) is 10.6 Å². The highest BCUT2D eigenvalue weighted by atomic mass is 35.5. The molecule has 3 N–H and O–H groups in total. The van der Waals surface area contributed by atoms with Crippen molar-refractivity contribution in [3.63, 3.8) is 0 Å². The van der Waals surface area contributed by atoms with Gasteiger partial charge in [-0.05, 0) is 47.5 Å². The minimum atomic E-state index is 0.147. The molecule has 0 aliphatic heterocycles. The summed E-state index contributed by atoms with van der Waals surface area (Å²) < 4.78 is 0. The Balaban J connectivity index is 1.71. The number of halogens is 2. The zero-order valence-corrected chi connectivity index (χ0v) is 14.9. The molecule has 0 saturated heterocycles. The quantitative estimate of drug-likeness (QED) is 0.354. The molecule has 0 fully saturated rings. The summed E-state index contributed by atoms with van der Waals surface area (Å²) in [7, 11) is 0. The second-order valence-electron chi connectivity index (χ2n) is 5.02. The third-order valence-corrected chi connectivity index (χ3v) is 4.69. The van der Waals surface area contributed by atoms with E-state index in [1.165, 1.54) is 11.8 Å². The first-order chi connectivity index (χ1) is 11.6. The van der Waals surface area contributed by atoms with Crippen molar-refractivity contribution in [2.75, 3.05) is 11.1 Å². The number of nitrogens with two attached hydrogens (primary N) is 1. The summed E-state index contributed by atoms with van der Waals surface area (Å²) in [5.74, 6) is 1.32. The third kappa shape index (κ3) is 4.54. The highest BCUT2D eigenvalue weighted by Gasteiger charge is 2.05. The number of benzene rings is 2. The van der Waals surface area contributed by atoms with Gasteiger partial charge in [-0.1, -0.05) is 29.8 Å². The number of hydrogen-bond donors (Lipinski definition) is 2. The van der Waals surface area contributed by atoms with E-state index in [4.69, 9.17) is 28.9 Å². The fourth-order valence-electron chi connectivity index (χ4n) is 2.08. The van der Waals surface area contributed by atoms with Gasteiger partial charge in [0.2, 0.25) is 5.28 Å². The van der Waals surface area contributed by atoms with E-state index in [1.54, 1.807) is 11.8 Å².